The van der Waals surface area contributed by atoms with Crippen molar-refractivity contribution in [2.45, 2.75) is 41.5 Å². The zero-order chi connectivity index (χ0) is 12.7. The molecule has 0 bridgehead atoms. The van der Waals surface area contributed by atoms with Gasteiger partial charge in [-0.2, -0.15) is 0 Å². The largest absolute Gasteiger partial charge is 0.469 e. The third kappa shape index (κ3) is 1.79. The Bertz CT molecular complexity index is 324. The monoisotopic (exact) mass is 224 g/mol. The molecule has 0 spiro atoms. The summed E-state index contributed by atoms with van der Waals surface area (Å²) in [5, 5.41) is 0. The van der Waals surface area contributed by atoms with Gasteiger partial charge < -0.3 is 4.74 Å². The van der Waals surface area contributed by atoms with Gasteiger partial charge in [-0.15, -0.1) is 0 Å². The first-order valence-electron chi connectivity index (χ1n) is 5.92. The van der Waals surface area contributed by atoms with Crippen LogP contribution >= 0.6 is 0 Å². The molecule has 2 nitrogen and oxygen atoms in total. The fourth-order valence-electron chi connectivity index (χ4n) is 3.01. The van der Waals surface area contributed by atoms with Crippen molar-refractivity contribution in [2.75, 3.05) is 7.11 Å². The van der Waals surface area contributed by atoms with Crippen molar-refractivity contribution < 1.29 is 9.53 Å². The number of carbonyl (C=O) groups is 1. The molecule has 0 amide bonds. The number of hydrogen-bond acceptors (Lipinski definition) is 2. The van der Waals surface area contributed by atoms with Gasteiger partial charge in [-0.25, -0.2) is 0 Å². The van der Waals surface area contributed by atoms with Crippen LogP contribution < -0.4 is 0 Å². The molecule has 16 heavy (non-hydrogen) atoms. The van der Waals surface area contributed by atoms with Crippen molar-refractivity contribution in [1.82, 2.24) is 0 Å². The lowest BCUT2D eigenvalue weighted by molar-refractivity contribution is -0.155. The first kappa shape index (κ1) is 13.3. The van der Waals surface area contributed by atoms with Crippen LogP contribution in [0, 0.1) is 22.7 Å². The van der Waals surface area contributed by atoms with Gasteiger partial charge in [-0.1, -0.05) is 32.4 Å². The summed E-state index contributed by atoms with van der Waals surface area (Å²) in [4.78, 5) is 11.9. The van der Waals surface area contributed by atoms with Crippen LogP contribution in [0.3, 0.4) is 0 Å². The minimum atomic E-state index is -0.454. The van der Waals surface area contributed by atoms with E-state index in [1.54, 1.807) is 0 Å². The fourth-order valence-corrected chi connectivity index (χ4v) is 3.01. The molecule has 92 valence electrons. The fraction of sp³-hybridized carbons (Fsp3) is 0.786. The Morgan fingerprint density at radius 1 is 1.44 bits per heavy atom. The molecule has 1 aliphatic carbocycles. The molecular formula is C14H24O2. The van der Waals surface area contributed by atoms with E-state index < -0.39 is 5.41 Å². The summed E-state index contributed by atoms with van der Waals surface area (Å²) in [5.74, 6) is 0.632. The highest BCUT2D eigenvalue weighted by atomic mass is 16.5. The lowest BCUT2D eigenvalue weighted by Crippen LogP contribution is -2.41. The van der Waals surface area contributed by atoms with E-state index in [1.165, 1.54) is 12.7 Å². The first-order valence-corrected chi connectivity index (χ1v) is 5.92. The number of carbonyl (C=O) groups excluding carboxylic acids is 1. The average molecular weight is 224 g/mol. The van der Waals surface area contributed by atoms with Crippen molar-refractivity contribution in [3.63, 3.8) is 0 Å². The van der Waals surface area contributed by atoms with E-state index in [-0.39, 0.29) is 17.3 Å². The molecule has 0 saturated carbocycles. The summed E-state index contributed by atoms with van der Waals surface area (Å²) in [6.45, 7) is 12.8. The molecule has 0 saturated heterocycles. The molecular weight excluding hydrogens is 200 g/mol. The van der Waals surface area contributed by atoms with Crippen molar-refractivity contribution in [3.05, 3.63) is 11.6 Å². The van der Waals surface area contributed by atoms with E-state index in [1.807, 2.05) is 13.8 Å². The van der Waals surface area contributed by atoms with Crippen LogP contribution in [0.5, 0.6) is 0 Å². The third-order valence-electron chi connectivity index (χ3n) is 4.52. The predicted molar refractivity (Wildman–Crippen MR) is 66.0 cm³/mol. The number of ether oxygens (including phenoxy) is 1. The first-order chi connectivity index (χ1) is 7.15. The zero-order valence-electron chi connectivity index (χ0n) is 11.5. The molecule has 2 atom stereocenters. The zero-order valence-corrected chi connectivity index (χ0v) is 11.5. The molecule has 0 heterocycles. The summed E-state index contributed by atoms with van der Waals surface area (Å²) in [7, 11) is 1.46. The Morgan fingerprint density at radius 2 is 1.94 bits per heavy atom. The van der Waals surface area contributed by atoms with Gasteiger partial charge >= 0.3 is 5.97 Å². The van der Waals surface area contributed by atoms with Gasteiger partial charge in [0.1, 0.15) is 0 Å². The molecule has 0 aromatic heterocycles. The lowest BCUT2D eigenvalue weighted by atomic mass is 9.64. The molecule has 2 heteroatoms. The van der Waals surface area contributed by atoms with Crippen LogP contribution in [0.15, 0.2) is 11.6 Å². The number of methoxy groups -OCH3 is 1. The Labute approximate surface area is 99.1 Å². The summed E-state index contributed by atoms with van der Waals surface area (Å²) in [6.07, 6.45) is 2.25. The van der Waals surface area contributed by atoms with Gasteiger partial charge in [0.2, 0.25) is 0 Å². The summed E-state index contributed by atoms with van der Waals surface area (Å²) >= 11 is 0. The van der Waals surface area contributed by atoms with Gasteiger partial charge in [0.15, 0.2) is 0 Å². The summed E-state index contributed by atoms with van der Waals surface area (Å²) in [6, 6.07) is 0. The van der Waals surface area contributed by atoms with E-state index in [4.69, 9.17) is 4.74 Å². The van der Waals surface area contributed by atoms with Crippen LogP contribution in [-0.4, -0.2) is 13.1 Å². The Hall–Kier alpha value is -0.790. The van der Waals surface area contributed by atoms with Crippen LogP contribution in [0.4, 0.5) is 0 Å². The van der Waals surface area contributed by atoms with Crippen molar-refractivity contribution in [1.29, 1.82) is 0 Å². The number of hydrogen-bond donors (Lipinski definition) is 0. The standard InChI is InChI=1S/C14H24O2/c1-9-8-11(13(3,4)10(9)2)14(5,6)12(15)16-7/h8,10-11H,1-7H3. The molecule has 0 aromatic carbocycles. The molecule has 1 rings (SSSR count). The number of esters is 1. The highest BCUT2D eigenvalue weighted by Crippen LogP contribution is 2.53. The molecule has 0 N–H and O–H groups in total. The van der Waals surface area contributed by atoms with E-state index in [0.717, 1.165) is 0 Å². The van der Waals surface area contributed by atoms with Gasteiger partial charge in [0, 0.05) is 0 Å². The van der Waals surface area contributed by atoms with Crippen LogP contribution in [0.25, 0.3) is 0 Å². The highest BCUT2D eigenvalue weighted by Gasteiger charge is 2.50. The average Bonchev–Trinajstić information content (AvgIpc) is 2.41. The Morgan fingerprint density at radius 3 is 2.25 bits per heavy atom. The van der Waals surface area contributed by atoms with Crippen molar-refractivity contribution in [3.8, 4) is 0 Å². The summed E-state index contributed by atoms with van der Waals surface area (Å²) < 4.78 is 4.92. The lowest BCUT2D eigenvalue weighted by Gasteiger charge is -2.40. The summed E-state index contributed by atoms with van der Waals surface area (Å²) in [5.41, 5.74) is 1.04. The van der Waals surface area contributed by atoms with Crippen LogP contribution in [0.1, 0.15) is 41.5 Å². The maximum absolute atomic E-state index is 11.9. The van der Waals surface area contributed by atoms with Gasteiger partial charge in [-0.05, 0) is 38.0 Å². The van der Waals surface area contributed by atoms with Gasteiger partial charge in [0.05, 0.1) is 12.5 Å². The second-order valence-corrected chi connectivity index (χ2v) is 6.14. The van der Waals surface area contributed by atoms with E-state index in [0.29, 0.717) is 5.92 Å². The predicted octanol–water partition coefficient (Wildman–Crippen LogP) is 3.42. The quantitative estimate of drug-likeness (QED) is 0.530. The molecule has 0 radical (unpaired) electrons. The minimum Gasteiger partial charge on any atom is -0.469 e. The number of allylic oxidation sites excluding steroid dienone is 2. The van der Waals surface area contributed by atoms with Crippen LogP contribution in [-0.2, 0) is 9.53 Å². The van der Waals surface area contributed by atoms with Gasteiger partial charge in [-0.3, -0.25) is 4.79 Å². The molecule has 0 fully saturated rings. The van der Waals surface area contributed by atoms with E-state index in [9.17, 15) is 4.79 Å². The van der Waals surface area contributed by atoms with Crippen molar-refractivity contribution >= 4 is 5.97 Å². The maximum atomic E-state index is 11.9. The number of rotatable bonds is 2. The molecule has 1 aliphatic rings. The third-order valence-corrected chi connectivity index (χ3v) is 4.52. The SMILES string of the molecule is COC(=O)C(C)(C)C1C=C(C)C(C)C1(C)C. The topological polar surface area (TPSA) is 26.3 Å². The molecule has 0 aliphatic heterocycles. The highest BCUT2D eigenvalue weighted by molar-refractivity contribution is 5.76. The second kappa shape index (κ2) is 3.90. The van der Waals surface area contributed by atoms with E-state index in [2.05, 4.69) is 33.8 Å². The van der Waals surface area contributed by atoms with Crippen LogP contribution in [0.2, 0.25) is 0 Å². The Balaban J connectivity index is 3.11. The minimum absolute atomic E-state index is 0.113. The normalized spacial score (nSPS) is 28.8. The second-order valence-electron chi connectivity index (χ2n) is 6.14. The van der Waals surface area contributed by atoms with E-state index >= 15 is 0 Å². The molecule has 0 aromatic rings. The van der Waals surface area contributed by atoms with Crippen molar-refractivity contribution in [2.24, 2.45) is 22.7 Å². The van der Waals surface area contributed by atoms with Gasteiger partial charge in [0.25, 0.3) is 0 Å². The smallest absolute Gasteiger partial charge is 0.311 e. The maximum Gasteiger partial charge on any atom is 0.311 e. The Kier molecular flexibility index (Phi) is 3.24. The molecule has 2 unspecified atom stereocenters.